The van der Waals surface area contributed by atoms with E-state index in [1.807, 2.05) is 13.8 Å². The molecule has 0 saturated carbocycles. The Hall–Kier alpha value is -0.800. The quantitative estimate of drug-likeness (QED) is 0.849. The van der Waals surface area contributed by atoms with Crippen LogP contribution in [0.3, 0.4) is 0 Å². The Morgan fingerprint density at radius 1 is 1.50 bits per heavy atom. The maximum Gasteiger partial charge on any atom is 0.239 e. The van der Waals surface area contributed by atoms with Crippen molar-refractivity contribution in [2.45, 2.75) is 30.5 Å². The molecule has 2 rings (SSSR count). The molecule has 1 aliphatic heterocycles. The van der Waals surface area contributed by atoms with Crippen molar-refractivity contribution in [1.29, 1.82) is 0 Å². The topological polar surface area (TPSA) is 96.0 Å². The van der Waals surface area contributed by atoms with Gasteiger partial charge in [-0.05, 0) is 26.0 Å². The van der Waals surface area contributed by atoms with E-state index in [4.69, 9.17) is 16.7 Å². The molecule has 1 aromatic rings. The number of amidine groups is 1. The molecule has 0 spiro atoms. The lowest BCUT2D eigenvalue weighted by molar-refractivity contribution is -0.0350. The van der Waals surface area contributed by atoms with E-state index in [9.17, 15) is 13.5 Å². The number of thioether (sulfide) groups is 1. The molecule has 0 aliphatic carbocycles. The molecule has 1 saturated heterocycles. The van der Waals surface area contributed by atoms with Gasteiger partial charge in [0.05, 0.1) is 10.8 Å². The van der Waals surface area contributed by atoms with Crippen molar-refractivity contribution >= 4 is 38.6 Å². The predicted octanol–water partition coefficient (Wildman–Crippen LogP) is 1.58. The van der Waals surface area contributed by atoms with Gasteiger partial charge in [0.15, 0.2) is 10.9 Å². The number of nitrogens with zero attached hydrogens (tertiary/aromatic N) is 2. The van der Waals surface area contributed by atoms with Crippen LogP contribution in [0.2, 0.25) is 5.02 Å². The van der Waals surface area contributed by atoms with Gasteiger partial charge in [-0.1, -0.05) is 29.4 Å². The molecule has 1 aromatic carbocycles. The highest BCUT2D eigenvalue weighted by Gasteiger charge is 2.43. The van der Waals surface area contributed by atoms with Crippen molar-refractivity contribution in [1.82, 2.24) is 4.90 Å². The molecule has 1 heterocycles. The van der Waals surface area contributed by atoms with Crippen LogP contribution in [0.25, 0.3) is 0 Å². The summed E-state index contributed by atoms with van der Waals surface area (Å²) in [5.41, 5.74) is -0.951. The zero-order valence-electron chi connectivity index (χ0n) is 12.4. The van der Waals surface area contributed by atoms with Gasteiger partial charge in [0.25, 0.3) is 0 Å². The molecular weight excluding hydrogens is 346 g/mol. The Bertz CT molecular complexity index is 721. The molecule has 1 atom stereocenters. The fourth-order valence-corrected chi connectivity index (χ4v) is 4.50. The lowest BCUT2D eigenvalue weighted by Crippen LogP contribution is -2.42. The van der Waals surface area contributed by atoms with Gasteiger partial charge in [0, 0.05) is 18.7 Å². The summed E-state index contributed by atoms with van der Waals surface area (Å²) in [6.07, 6.45) is 0. The summed E-state index contributed by atoms with van der Waals surface area (Å²) in [6, 6.07) is 4.42. The molecule has 0 amide bonds. The Morgan fingerprint density at radius 2 is 2.14 bits per heavy atom. The molecule has 6 nitrogen and oxygen atoms in total. The Labute approximate surface area is 139 Å². The fraction of sp³-hybridized carbons (Fsp3) is 0.462. The second-order valence-electron chi connectivity index (χ2n) is 5.36. The monoisotopic (exact) mass is 363 g/mol. The van der Waals surface area contributed by atoms with E-state index in [1.54, 1.807) is 18.0 Å². The number of hydrogen-bond acceptors (Lipinski definition) is 5. The molecule has 0 radical (unpaired) electrons. The number of aliphatic imine (C=N–C) groups is 1. The van der Waals surface area contributed by atoms with Crippen LogP contribution in [0.4, 0.5) is 0 Å². The highest BCUT2D eigenvalue weighted by atomic mass is 35.5. The maximum absolute atomic E-state index is 11.6. The first-order chi connectivity index (χ1) is 10.1. The smallest absolute Gasteiger partial charge is 0.239 e. The average molecular weight is 364 g/mol. The van der Waals surface area contributed by atoms with Gasteiger partial charge < -0.3 is 10.0 Å². The number of primary sulfonamides is 1. The first-order valence-electron chi connectivity index (χ1n) is 6.55. The Balaban J connectivity index is 2.49. The van der Waals surface area contributed by atoms with Gasteiger partial charge in [0.1, 0.15) is 4.90 Å². The predicted molar refractivity (Wildman–Crippen MR) is 89.5 cm³/mol. The number of aliphatic hydroxyl groups is 1. The van der Waals surface area contributed by atoms with Gasteiger partial charge in [-0.3, -0.25) is 4.99 Å². The highest BCUT2D eigenvalue weighted by Crippen LogP contribution is 2.39. The average Bonchev–Trinajstić information content (AvgIpc) is 2.67. The summed E-state index contributed by atoms with van der Waals surface area (Å²) in [5.74, 6) is 0.334. The molecule has 9 heteroatoms. The van der Waals surface area contributed by atoms with Crippen LogP contribution < -0.4 is 5.14 Å². The van der Waals surface area contributed by atoms with Gasteiger partial charge >= 0.3 is 0 Å². The third-order valence-corrected chi connectivity index (χ3v) is 5.89. The van der Waals surface area contributed by atoms with Gasteiger partial charge in [-0.2, -0.15) is 0 Å². The molecule has 0 bridgehead atoms. The van der Waals surface area contributed by atoms with Crippen LogP contribution in [0, 0.1) is 0 Å². The first kappa shape index (κ1) is 17.6. The second kappa shape index (κ2) is 6.01. The van der Waals surface area contributed by atoms with Crippen LogP contribution >= 0.6 is 23.4 Å². The summed E-state index contributed by atoms with van der Waals surface area (Å²) < 4.78 is 23.2. The summed E-state index contributed by atoms with van der Waals surface area (Å²) >= 11 is 7.29. The lowest BCUT2D eigenvalue weighted by Gasteiger charge is -2.31. The molecule has 1 aliphatic rings. The van der Waals surface area contributed by atoms with E-state index in [1.165, 1.54) is 23.9 Å². The maximum atomic E-state index is 11.6. The minimum Gasteiger partial charge on any atom is -0.366 e. The highest BCUT2D eigenvalue weighted by molar-refractivity contribution is 8.14. The SMILES string of the molecule is CC(C)/N=C1\SCC(O)(c2ccc(Cl)c(S(N)(=O)=O)c2)N1C. The molecule has 122 valence electrons. The number of hydrogen-bond donors (Lipinski definition) is 2. The Morgan fingerprint density at radius 3 is 2.68 bits per heavy atom. The molecule has 3 N–H and O–H groups in total. The van der Waals surface area contributed by atoms with Gasteiger partial charge in [-0.25, -0.2) is 13.6 Å². The van der Waals surface area contributed by atoms with E-state index in [0.717, 1.165) is 0 Å². The third kappa shape index (κ3) is 3.26. The summed E-state index contributed by atoms with van der Waals surface area (Å²) in [4.78, 5) is 5.88. The molecule has 1 fully saturated rings. The zero-order valence-corrected chi connectivity index (χ0v) is 14.8. The van der Waals surface area contributed by atoms with Crippen molar-refractivity contribution in [3.05, 3.63) is 28.8 Å². The van der Waals surface area contributed by atoms with Crippen LogP contribution in [0.5, 0.6) is 0 Å². The largest absolute Gasteiger partial charge is 0.366 e. The van der Waals surface area contributed by atoms with Crippen molar-refractivity contribution in [3.8, 4) is 0 Å². The third-order valence-electron chi connectivity index (χ3n) is 3.31. The van der Waals surface area contributed by atoms with Crippen molar-refractivity contribution < 1.29 is 13.5 Å². The summed E-state index contributed by atoms with van der Waals surface area (Å²) in [7, 11) is -2.25. The van der Waals surface area contributed by atoms with E-state index in [2.05, 4.69) is 4.99 Å². The van der Waals surface area contributed by atoms with E-state index < -0.39 is 15.7 Å². The molecule has 1 unspecified atom stereocenters. The second-order valence-corrected chi connectivity index (χ2v) is 8.24. The van der Waals surface area contributed by atoms with Crippen LogP contribution in [0.15, 0.2) is 28.1 Å². The standard InChI is InChI=1S/C13H18ClN3O3S2/c1-8(2)16-12-17(3)13(18,7-21-12)9-4-5-10(14)11(6-9)22(15,19)20/h4-6,8,18H,7H2,1-3H3,(H2,15,19,20)/b16-12-. The van der Waals surface area contributed by atoms with E-state index in [0.29, 0.717) is 16.5 Å². The van der Waals surface area contributed by atoms with Crippen molar-refractivity contribution in [2.24, 2.45) is 10.1 Å². The van der Waals surface area contributed by atoms with Crippen LogP contribution in [-0.4, -0.2) is 42.4 Å². The summed E-state index contributed by atoms with van der Waals surface area (Å²) in [6.45, 7) is 3.89. The van der Waals surface area contributed by atoms with Gasteiger partial charge in [-0.15, -0.1) is 0 Å². The number of nitrogens with two attached hydrogens (primary N) is 1. The van der Waals surface area contributed by atoms with Crippen molar-refractivity contribution in [3.63, 3.8) is 0 Å². The number of sulfonamides is 1. The fourth-order valence-electron chi connectivity index (χ4n) is 2.11. The first-order valence-corrected chi connectivity index (χ1v) is 9.46. The normalized spacial score (nSPS) is 24.5. The van der Waals surface area contributed by atoms with Crippen LogP contribution in [-0.2, 0) is 15.7 Å². The molecule has 0 aromatic heterocycles. The Kier molecular flexibility index (Phi) is 4.79. The summed E-state index contributed by atoms with van der Waals surface area (Å²) in [5, 5.41) is 16.8. The van der Waals surface area contributed by atoms with E-state index in [-0.39, 0.29) is 16.0 Å². The minimum absolute atomic E-state index is 0.0271. The van der Waals surface area contributed by atoms with Crippen molar-refractivity contribution in [2.75, 3.05) is 12.8 Å². The minimum atomic E-state index is -3.96. The van der Waals surface area contributed by atoms with E-state index >= 15 is 0 Å². The molecule has 22 heavy (non-hydrogen) atoms. The lowest BCUT2D eigenvalue weighted by atomic mass is 10.0. The van der Waals surface area contributed by atoms with Crippen LogP contribution in [0.1, 0.15) is 19.4 Å². The number of rotatable bonds is 3. The zero-order chi connectivity index (χ0) is 16.7. The molecular formula is C13H18ClN3O3S2. The number of benzene rings is 1. The van der Waals surface area contributed by atoms with Gasteiger partial charge in [0.2, 0.25) is 10.0 Å². The number of halogens is 1.